The van der Waals surface area contributed by atoms with Crippen molar-refractivity contribution in [2.75, 3.05) is 7.05 Å². The lowest BCUT2D eigenvalue weighted by atomic mass is 9.97. The molecule has 0 aliphatic heterocycles. The summed E-state index contributed by atoms with van der Waals surface area (Å²) in [4.78, 5) is 4.52. The van der Waals surface area contributed by atoms with Crippen LogP contribution < -0.4 is 5.32 Å². The molecule has 2 rings (SSSR count). The molecule has 0 amide bonds. The number of hydrogen-bond donors (Lipinski definition) is 1. The van der Waals surface area contributed by atoms with Gasteiger partial charge in [0, 0.05) is 6.20 Å². The Morgan fingerprint density at radius 3 is 2.47 bits per heavy atom. The zero-order valence-electron chi connectivity index (χ0n) is 12.2. The topological polar surface area (TPSA) is 24.9 Å². The smallest absolute Gasteiger partial charge is 0.0605 e. The summed E-state index contributed by atoms with van der Waals surface area (Å²) in [5.74, 6) is 0. The number of aromatic nitrogens is 1. The Hall–Kier alpha value is -1.67. The van der Waals surface area contributed by atoms with Gasteiger partial charge in [-0.2, -0.15) is 0 Å². The molecule has 19 heavy (non-hydrogen) atoms. The van der Waals surface area contributed by atoms with E-state index in [-0.39, 0.29) is 6.04 Å². The largest absolute Gasteiger partial charge is 0.311 e. The van der Waals surface area contributed by atoms with Gasteiger partial charge in [0.05, 0.1) is 11.7 Å². The number of hydrogen-bond acceptors (Lipinski definition) is 2. The number of pyridine rings is 1. The molecule has 0 radical (unpaired) electrons. The lowest BCUT2D eigenvalue weighted by Gasteiger charge is -2.18. The molecule has 0 bridgehead atoms. The quantitative estimate of drug-likeness (QED) is 0.903. The first-order valence-electron chi connectivity index (χ1n) is 6.76. The van der Waals surface area contributed by atoms with Gasteiger partial charge in [0.1, 0.15) is 0 Å². The Balaban J connectivity index is 2.24. The first kappa shape index (κ1) is 13.8. The van der Waals surface area contributed by atoms with E-state index in [0.29, 0.717) is 0 Å². The highest BCUT2D eigenvalue weighted by Gasteiger charge is 2.13. The highest BCUT2D eigenvalue weighted by Crippen LogP contribution is 2.20. The normalized spacial score (nSPS) is 12.4. The van der Waals surface area contributed by atoms with Gasteiger partial charge in [0.2, 0.25) is 0 Å². The standard InChI is InChI=1S/C17H22N2/c1-12-7-8-15(10-14(12)3)11-16(18-4)17-13(2)6-5-9-19-17/h5-10,16,18H,11H2,1-4H3. The van der Waals surface area contributed by atoms with Gasteiger partial charge < -0.3 is 5.32 Å². The Labute approximate surface area is 115 Å². The molecule has 1 aromatic heterocycles. The molecular weight excluding hydrogens is 232 g/mol. The van der Waals surface area contributed by atoms with E-state index in [2.05, 4.69) is 55.3 Å². The molecular formula is C17H22N2. The average molecular weight is 254 g/mol. The Morgan fingerprint density at radius 1 is 1.05 bits per heavy atom. The van der Waals surface area contributed by atoms with Crippen molar-refractivity contribution in [1.82, 2.24) is 10.3 Å². The Kier molecular flexibility index (Phi) is 4.33. The van der Waals surface area contributed by atoms with Crippen LogP contribution in [-0.4, -0.2) is 12.0 Å². The van der Waals surface area contributed by atoms with Crippen LogP contribution in [0.4, 0.5) is 0 Å². The second kappa shape index (κ2) is 5.98. The molecule has 100 valence electrons. The first-order valence-corrected chi connectivity index (χ1v) is 6.76. The minimum absolute atomic E-state index is 0.267. The van der Waals surface area contributed by atoms with E-state index >= 15 is 0 Å². The first-order chi connectivity index (χ1) is 9.11. The van der Waals surface area contributed by atoms with Crippen LogP contribution >= 0.6 is 0 Å². The molecule has 1 unspecified atom stereocenters. The minimum atomic E-state index is 0.267. The second-order valence-corrected chi connectivity index (χ2v) is 5.17. The van der Waals surface area contributed by atoms with Crippen molar-refractivity contribution in [3.8, 4) is 0 Å². The zero-order valence-corrected chi connectivity index (χ0v) is 12.2. The molecule has 1 atom stereocenters. The maximum atomic E-state index is 4.52. The van der Waals surface area contributed by atoms with E-state index in [1.54, 1.807) is 0 Å². The van der Waals surface area contributed by atoms with Gasteiger partial charge in [0.15, 0.2) is 0 Å². The van der Waals surface area contributed by atoms with E-state index in [1.165, 1.54) is 22.3 Å². The maximum absolute atomic E-state index is 4.52. The van der Waals surface area contributed by atoms with Gasteiger partial charge >= 0.3 is 0 Å². The molecule has 2 heteroatoms. The van der Waals surface area contributed by atoms with Crippen LogP contribution in [-0.2, 0) is 6.42 Å². The van der Waals surface area contributed by atoms with E-state index in [0.717, 1.165) is 12.1 Å². The molecule has 2 nitrogen and oxygen atoms in total. The molecule has 0 aliphatic carbocycles. The predicted molar refractivity (Wildman–Crippen MR) is 80.4 cm³/mol. The van der Waals surface area contributed by atoms with Crippen molar-refractivity contribution in [2.24, 2.45) is 0 Å². The van der Waals surface area contributed by atoms with Crippen LogP contribution in [0, 0.1) is 20.8 Å². The van der Waals surface area contributed by atoms with Crippen molar-refractivity contribution >= 4 is 0 Å². The third-order valence-electron chi connectivity index (χ3n) is 3.74. The summed E-state index contributed by atoms with van der Waals surface area (Å²) in [5.41, 5.74) is 6.44. The van der Waals surface area contributed by atoms with Gasteiger partial charge in [-0.05, 0) is 62.6 Å². The number of likely N-dealkylation sites (N-methyl/N-ethyl adjacent to an activating group) is 1. The van der Waals surface area contributed by atoms with E-state index < -0.39 is 0 Å². The van der Waals surface area contributed by atoms with Crippen molar-refractivity contribution in [1.29, 1.82) is 0 Å². The van der Waals surface area contributed by atoms with Crippen molar-refractivity contribution in [2.45, 2.75) is 33.2 Å². The van der Waals surface area contributed by atoms with Crippen LogP contribution in [0.1, 0.15) is 34.0 Å². The fraction of sp³-hybridized carbons (Fsp3) is 0.353. The summed E-state index contributed by atoms with van der Waals surface area (Å²) >= 11 is 0. The summed E-state index contributed by atoms with van der Waals surface area (Å²) in [6.45, 7) is 6.43. The van der Waals surface area contributed by atoms with Gasteiger partial charge in [-0.15, -0.1) is 0 Å². The average Bonchev–Trinajstić information content (AvgIpc) is 2.41. The van der Waals surface area contributed by atoms with Crippen molar-refractivity contribution in [3.63, 3.8) is 0 Å². The van der Waals surface area contributed by atoms with Crippen LogP contribution in [0.15, 0.2) is 36.5 Å². The Bertz CT molecular complexity index is 561. The fourth-order valence-corrected chi connectivity index (χ4v) is 2.36. The summed E-state index contributed by atoms with van der Waals surface area (Å²) in [6, 6.07) is 11.1. The molecule has 1 N–H and O–H groups in total. The number of rotatable bonds is 4. The molecule has 0 aliphatic rings. The monoisotopic (exact) mass is 254 g/mol. The van der Waals surface area contributed by atoms with Crippen LogP contribution in [0.2, 0.25) is 0 Å². The number of benzene rings is 1. The van der Waals surface area contributed by atoms with Gasteiger partial charge in [-0.1, -0.05) is 24.3 Å². The molecule has 0 saturated heterocycles. The SMILES string of the molecule is CNC(Cc1ccc(C)c(C)c1)c1ncccc1C. The van der Waals surface area contributed by atoms with Gasteiger partial charge in [-0.25, -0.2) is 0 Å². The third-order valence-corrected chi connectivity index (χ3v) is 3.74. The van der Waals surface area contributed by atoms with Crippen LogP contribution in [0.3, 0.4) is 0 Å². The molecule has 0 fully saturated rings. The summed E-state index contributed by atoms with van der Waals surface area (Å²) < 4.78 is 0. The minimum Gasteiger partial charge on any atom is -0.311 e. The summed E-state index contributed by atoms with van der Waals surface area (Å²) in [5, 5.41) is 3.38. The van der Waals surface area contributed by atoms with Crippen molar-refractivity contribution in [3.05, 3.63) is 64.5 Å². The molecule has 2 aromatic rings. The molecule has 0 saturated carbocycles. The lowest BCUT2D eigenvalue weighted by Crippen LogP contribution is -2.21. The lowest BCUT2D eigenvalue weighted by molar-refractivity contribution is 0.572. The third kappa shape index (κ3) is 3.21. The molecule has 0 spiro atoms. The highest BCUT2D eigenvalue weighted by atomic mass is 14.9. The van der Waals surface area contributed by atoms with E-state index in [1.807, 2.05) is 19.3 Å². The van der Waals surface area contributed by atoms with Crippen LogP contribution in [0.25, 0.3) is 0 Å². The zero-order chi connectivity index (χ0) is 13.8. The van der Waals surface area contributed by atoms with Crippen LogP contribution in [0.5, 0.6) is 0 Å². The van der Waals surface area contributed by atoms with Gasteiger partial charge in [-0.3, -0.25) is 4.98 Å². The number of nitrogens with zero attached hydrogens (tertiary/aromatic N) is 1. The van der Waals surface area contributed by atoms with E-state index in [9.17, 15) is 0 Å². The summed E-state index contributed by atoms with van der Waals surface area (Å²) in [6.07, 6.45) is 2.84. The predicted octanol–water partition coefficient (Wildman–Crippen LogP) is 3.51. The van der Waals surface area contributed by atoms with E-state index in [4.69, 9.17) is 0 Å². The van der Waals surface area contributed by atoms with Crippen molar-refractivity contribution < 1.29 is 0 Å². The highest BCUT2D eigenvalue weighted by molar-refractivity contribution is 5.31. The number of nitrogens with one attached hydrogen (secondary N) is 1. The molecule has 1 heterocycles. The fourth-order valence-electron chi connectivity index (χ4n) is 2.36. The molecule has 1 aromatic carbocycles. The maximum Gasteiger partial charge on any atom is 0.0605 e. The number of aryl methyl sites for hydroxylation is 3. The Morgan fingerprint density at radius 2 is 1.84 bits per heavy atom. The second-order valence-electron chi connectivity index (χ2n) is 5.17. The summed E-state index contributed by atoms with van der Waals surface area (Å²) in [7, 11) is 2.00. The van der Waals surface area contributed by atoms with Gasteiger partial charge in [0.25, 0.3) is 0 Å².